The highest BCUT2D eigenvalue weighted by atomic mass is 32.2. The Bertz CT molecular complexity index is 698. The molecule has 0 radical (unpaired) electrons. The molecule has 0 bridgehead atoms. The van der Waals surface area contributed by atoms with E-state index in [1.165, 1.54) is 18.2 Å². The zero-order valence-electron chi connectivity index (χ0n) is 13.1. The zero-order valence-corrected chi connectivity index (χ0v) is 13.9. The number of rotatable bonds is 4. The molecule has 3 rings (SSSR count). The van der Waals surface area contributed by atoms with E-state index in [1.807, 2.05) is 6.92 Å². The number of carbonyl (C=O) groups is 3. The zero-order chi connectivity index (χ0) is 17.3. The Morgan fingerprint density at radius 2 is 2.21 bits per heavy atom. The van der Waals surface area contributed by atoms with Crippen molar-refractivity contribution in [3.05, 3.63) is 30.1 Å². The highest BCUT2D eigenvalue weighted by Crippen LogP contribution is 2.47. The monoisotopic (exact) mass is 352 g/mol. The van der Waals surface area contributed by atoms with Crippen LogP contribution in [0, 0.1) is 5.82 Å². The number of thioether (sulfide) groups is 1. The standard InChI is InChI=1S/C16H17FN2O4S/c1-16-7-6-14(21)19(16)12(9-24-16)15(22)23-8-13(20)18-11-5-3-2-4-10(11)17/h2-5,12H,6-9H2,1H3,(H,18,20)/t12-,16+/m0/s1. The summed E-state index contributed by atoms with van der Waals surface area (Å²) in [6, 6.07) is 5.05. The van der Waals surface area contributed by atoms with Crippen LogP contribution < -0.4 is 5.32 Å². The van der Waals surface area contributed by atoms with Crippen LogP contribution in [0.25, 0.3) is 0 Å². The second-order valence-corrected chi connectivity index (χ2v) is 7.40. The van der Waals surface area contributed by atoms with Gasteiger partial charge in [0.2, 0.25) is 5.91 Å². The summed E-state index contributed by atoms with van der Waals surface area (Å²) in [6.45, 7) is 1.41. The minimum atomic E-state index is -0.670. The molecule has 1 N–H and O–H groups in total. The van der Waals surface area contributed by atoms with Crippen LogP contribution in [-0.2, 0) is 19.1 Å². The van der Waals surface area contributed by atoms with E-state index in [1.54, 1.807) is 22.7 Å². The number of carbonyl (C=O) groups excluding carboxylic acids is 3. The Hall–Kier alpha value is -2.09. The molecule has 1 aromatic carbocycles. The summed E-state index contributed by atoms with van der Waals surface area (Å²) in [6.07, 6.45) is 1.12. The molecule has 1 aromatic rings. The lowest BCUT2D eigenvalue weighted by molar-refractivity contribution is -0.155. The molecule has 2 heterocycles. The fourth-order valence-electron chi connectivity index (χ4n) is 2.98. The van der Waals surface area contributed by atoms with E-state index in [2.05, 4.69) is 5.32 Å². The first-order chi connectivity index (χ1) is 11.4. The summed E-state index contributed by atoms with van der Waals surface area (Å²) in [5, 5.41) is 2.34. The van der Waals surface area contributed by atoms with Gasteiger partial charge in [0.1, 0.15) is 11.9 Å². The second kappa shape index (κ2) is 6.43. The summed E-state index contributed by atoms with van der Waals surface area (Å²) in [7, 11) is 0. The number of para-hydroxylation sites is 1. The Kier molecular flexibility index (Phi) is 4.49. The summed E-state index contributed by atoms with van der Waals surface area (Å²) in [5.41, 5.74) is 0.0252. The third-order valence-corrected chi connectivity index (χ3v) is 5.72. The molecule has 2 aliphatic rings. The van der Waals surface area contributed by atoms with Crippen LogP contribution in [0.15, 0.2) is 24.3 Å². The Morgan fingerprint density at radius 3 is 2.96 bits per heavy atom. The highest BCUT2D eigenvalue weighted by molar-refractivity contribution is 8.01. The normalized spacial score (nSPS) is 25.5. The molecule has 0 saturated carbocycles. The first-order valence-corrected chi connectivity index (χ1v) is 8.56. The average Bonchev–Trinajstić information content (AvgIpc) is 3.04. The van der Waals surface area contributed by atoms with Gasteiger partial charge in [-0.05, 0) is 25.5 Å². The van der Waals surface area contributed by atoms with E-state index in [0.717, 1.165) is 0 Å². The van der Waals surface area contributed by atoms with Crippen LogP contribution >= 0.6 is 11.8 Å². The first kappa shape index (κ1) is 16.8. The van der Waals surface area contributed by atoms with Crippen molar-refractivity contribution in [3.8, 4) is 0 Å². The van der Waals surface area contributed by atoms with Gasteiger partial charge in [0.05, 0.1) is 10.6 Å². The van der Waals surface area contributed by atoms with Gasteiger partial charge in [-0.1, -0.05) is 12.1 Å². The Morgan fingerprint density at radius 1 is 1.46 bits per heavy atom. The average molecular weight is 352 g/mol. The first-order valence-electron chi connectivity index (χ1n) is 7.58. The molecule has 2 atom stereocenters. The van der Waals surface area contributed by atoms with Gasteiger partial charge in [0.15, 0.2) is 6.61 Å². The summed E-state index contributed by atoms with van der Waals surface area (Å²) >= 11 is 1.55. The third kappa shape index (κ3) is 3.10. The Balaban J connectivity index is 1.55. The van der Waals surface area contributed by atoms with Crippen molar-refractivity contribution in [1.82, 2.24) is 4.90 Å². The molecule has 2 amide bonds. The molecule has 6 nitrogen and oxygen atoms in total. The number of fused-ring (bicyclic) bond motifs is 1. The van der Waals surface area contributed by atoms with Crippen molar-refractivity contribution >= 4 is 35.2 Å². The lowest BCUT2D eigenvalue weighted by atomic mass is 10.2. The number of nitrogens with zero attached hydrogens (tertiary/aromatic N) is 1. The van der Waals surface area contributed by atoms with Gasteiger partial charge < -0.3 is 15.0 Å². The fourth-order valence-corrected chi connectivity index (χ4v) is 4.39. The number of esters is 1. The summed E-state index contributed by atoms with van der Waals surface area (Å²) in [5.74, 6) is -1.42. The highest BCUT2D eigenvalue weighted by Gasteiger charge is 2.53. The van der Waals surface area contributed by atoms with Crippen molar-refractivity contribution in [3.63, 3.8) is 0 Å². The summed E-state index contributed by atoms with van der Waals surface area (Å²) in [4.78, 5) is 37.2. The van der Waals surface area contributed by atoms with Gasteiger partial charge in [0.25, 0.3) is 5.91 Å². The van der Waals surface area contributed by atoms with Crippen LogP contribution in [-0.4, -0.2) is 46.0 Å². The molecule has 0 aliphatic carbocycles. The third-order valence-electron chi connectivity index (χ3n) is 4.21. The quantitative estimate of drug-likeness (QED) is 0.836. The van der Waals surface area contributed by atoms with Crippen LogP contribution in [0.3, 0.4) is 0 Å². The van der Waals surface area contributed by atoms with E-state index in [-0.39, 0.29) is 16.5 Å². The molecule has 2 fully saturated rings. The lowest BCUT2D eigenvalue weighted by Crippen LogP contribution is -2.47. The maximum atomic E-state index is 13.5. The Labute approximate surface area is 142 Å². The molecule has 0 spiro atoms. The molecule has 8 heteroatoms. The fraction of sp³-hybridized carbons (Fsp3) is 0.438. The number of benzene rings is 1. The van der Waals surface area contributed by atoms with Crippen LogP contribution in [0.1, 0.15) is 19.8 Å². The van der Waals surface area contributed by atoms with E-state index in [4.69, 9.17) is 4.74 Å². The predicted molar refractivity (Wildman–Crippen MR) is 86.7 cm³/mol. The molecule has 0 unspecified atom stereocenters. The SMILES string of the molecule is C[C@@]12CCC(=O)N1[C@H](C(=O)OCC(=O)Nc1ccccc1F)CS2. The van der Waals surface area contributed by atoms with Gasteiger partial charge in [-0.15, -0.1) is 11.8 Å². The van der Waals surface area contributed by atoms with E-state index >= 15 is 0 Å². The van der Waals surface area contributed by atoms with Crippen molar-refractivity contribution < 1.29 is 23.5 Å². The minimum Gasteiger partial charge on any atom is -0.454 e. The lowest BCUT2D eigenvalue weighted by Gasteiger charge is -2.29. The predicted octanol–water partition coefficient (Wildman–Crippen LogP) is 1.76. The van der Waals surface area contributed by atoms with Gasteiger partial charge in [0, 0.05) is 12.2 Å². The summed E-state index contributed by atoms with van der Waals surface area (Å²) < 4.78 is 18.5. The molecular formula is C16H17FN2O4S. The second-order valence-electron chi connectivity index (χ2n) is 5.90. The number of halogens is 1. The van der Waals surface area contributed by atoms with Crippen molar-refractivity contribution in [2.24, 2.45) is 0 Å². The minimum absolute atomic E-state index is 0.0252. The van der Waals surface area contributed by atoms with Gasteiger partial charge in [-0.2, -0.15) is 0 Å². The van der Waals surface area contributed by atoms with Crippen molar-refractivity contribution in [1.29, 1.82) is 0 Å². The smallest absolute Gasteiger partial charge is 0.330 e. The van der Waals surface area contributed by atoms with Crippen molar-refractivity contribution in [2.45, 2.75) is 30.7 Å². The molecule has 0 aromatic heterocycles. The largest absolute Gasteiger partial charge is 0.454 e. The topological polar surface area (TPSA) is 75.7 Å². The number of hydrogen-bond donors (Lipinski definition) is 1. The van der Waals surface area contributed by atoms with E-state index < -0.39 is 30.3 Å². The van der Waals surface area contributed by atoms with Crippen LogP contribution in [0.2, 0.25) is 0 Å². The number of anilines is 1. The number of nitrogens with one attached hydrogen (secondary N) is 1. The van der Waals surface area contributed by atoms with Crippen LogP contribution in [0.5, 0.6) is 0 Å². The molecule has 24 heavy (non-hydrogen) atoms. The number of amides is 2. The molecule has 128 valence electrons. The van der Waals surface area contributed by atoms with E-state index in [9.17, 15) is 18.8 Å². The maximum absolute atomic E-state index is 13.5. The molecule has 2 saturated heterocycles. The maximum Gasteiger partial charge on any atom is 0.330 e. The molecular weight excluding hydrogens is 335 g/mol. The van der Waals surface area contributed by atoms with Crippen LogP contribution in [0.4, 0.5) is 10.1 Å². The number of hydrogen-bond acceptors (Lipinski definition) is 5. The van der Waals surface area contributed by atoms with Gasteiger partial charge in [-0.25, -0.2) is 9.18 Å². The number of ether oxygens (including phenoxy) is 1. The van der Waals surface area contributed by atoms with Gasteiger partial charge in [-0.3, -0.25) is 9.59 Å². The van der Waals surface area contributed by atoms with Crippen molar-refractivity contribution in [2.75, 3.05) is 17.7 Å². The van der Waals surface area contributed by atoms with Gasteiger partial charge >= 0.3 is 5.97 Å². The molecule has 2 aliphatic heterocycles. The van der Waals surface area contributed by atoms with E-state index in [0.29, 0.717) is 18.6 Å².